The first-order valence-corrected chi connectivity index (χ1v) is 13.1. The molecule has 0 aliphatic carbocycles. The lowest BCUT2D eigenvalue weighted by atomic mass is 10.2. The Balaban J connectivity index is 1.50. The second-order valence-electron chi connectivity index (χ2n) is 8.24. The maximum Gasteiger partial charge on any atom is 0.345 e. The van der Waals surface area contributed by atoms with Gasteiger partial charge in [0, 0.05) is 15.1 Å². The number of methoxy groups -OCH3 is 1. The Bertz CT molecular complexity index is 1800. The van der Waals surface area contributed by atoms with Crippen LogP contribution in [-0.4, -0.2) is 29.0 Å². The average Bonchev–Trinajstić information content (AvgIpc) is 2.93. The first-order valence-electron chi connectivity index (χ1n) is 11.5. The van der Waals surface area contributed by atoms with Crippen molar-refractivity contribution < 1.29 is 14.3 Å². The topological polar surface area (TPSA) is 82.8 Å². The van der Waals surface area contributed by atoms with Crippen molar-refractivity contribution >= 4 is 62.2 Å². The third-order valence-corrected chi connectivity index (χ3v) is 6.80. The molecule has 10 heteroatoms. The van der Waals surface area contributed by atoms with Crippen LogP contribution in [0.3, 0.4) is 0 Å². The van der Waals surface area contributed by atoms with Gasteiger partial charge in [-0.3, -0.25) is 4.79 Å². The quantitative estimate of drug-likeness (QED) is 0.113. The fourth-order valence-corrected chi connectivity index (χ4v) is 4.55. The minimum atomic E-state index is -0.663. The molecule has 0 fully saturated rings. The van der Waals surface area contributed by atoms with Crippen LogP contribution in [-0.2, 0) is 0 Å². The van der Waals surface area contributed by atoms with Crippen LogP contribution < -0.4 is 15.0 Å². The summed E-state index contributed by atoms with van der Waals surface area (Å²) in [6, 6.07) is 23.9. The molecule has 0 atom stereocenters. The van der Waals surface area contributed by atoms with Crippen LogP contribution in [0, 0.1) is 0 Å². The summed E-state index contributed by atoms with van der Waals surface area (Å²) in [4.78, 5) is 30.8. The summed E-state index contributed by atoms with van der Waals surface area (Å²) in [6.07, 6.45) is 1.50. The Kier molecular flexibility index (Phi) is 7.79. The number of ether oxygens (including phenoxy) is 2. The summed E-state index contributed by atoms with van der Waals surface area (Å²) in [5, 5.41) is 5.49. The summed E-state index contributed by atoms with van der Waals surface area (Å²) in [5.41, 5.74) is 1.74. The van der Waals surface area contributed by atoms with Gasteiger partial charge in [-0.1, -0.05) is 63.4 Å². The van der Waals surface area contributed by atoms with E-state index in [1.54, 1.807) is 42.5 Å². The molecule has 0 radical (unpaired) electrons. The van der Waals surface area contributed by atoms with Crippen LogP contribution in [0.5, 0.6) is 11.5 Å². The predicted molar refractivity (Wildman–Crippen MR) is 157 cm³/mol. The molecule has 1 aromatic heterocycles. The largest absolute Gasteiger partial charge is 0.493 e. The van der Waals surface area contributed by atoms with Gasteiger partial charge in [0.05, 0.1) is 34.8 Å². The second kappa shape index (κ2) is 11.4. The van der Waals surface area contributed by atoms with Crippen LogP contribution in [0.1, 0.15) is 15.9 Å². The molecule has 0 aliphatic rings. The van der Waals surface area contributed by atoms with Gasteiger partial charge >= 0.3 is 5.97 Å². The van der Waals surface area contributed by atoms with Crippen LogP contribution >= 0.6 is 39.1 Å². The third kappa shape index (κ3) is 5.73. The summed E-state index contributed by atoms with van der Waals surface area (Å²) in [6.45, 7) is 0. The minimum absolute atomic E-state index is 0.164. The number of fused-ring (bicyclic) bond motifs is 1. The monoisotopic (exact) mass is 621 g/mol. The van der Waals surface area contributed by atoms with Crippen molar-refractivity contribution in [2.75, 3.05) is 7.11 Å². The fourth-order valence-electron chi connectivity index (χ4n) is 3.80. The lowest BCUT2D eigenvalue weighted by Crippen LogP contribution is -2.20. The molecule has 194 valence electrons. The first-order chi connectivity index (χ1) is 18.8. The second-order valence-corrected chi connectivity index (χ2v) is 10.0. The molecule has 0 bridgehead atoms. The molecule has 0 aliphatic heterocycles. The maximum absolute atomic E-state index is 13.4. The normalized spacial score (nSPS) is 11.2. The van der Waals surface area contributed by atoms with Gasteiger partial charge in [0.1, 0.15) is 0 Å². The molecule has 0 saturated carbocycles. The molecule has 0 unspecified atom stereocenters. The highest BCUT2D eigenvalue weighted by Gasteiger charge is 2.17. The SMILES string of the molecule is COc1cc(C=Nn2c(-c3ccc(Br)cc3)nc3ccccc3c2=O)ccc1OC(=O)c1ccc(Cl)cc1Cl. The molecular formula is C29H18BrCl2N3O4. The van der Waals surface area contributed by atoms with Gasteiger partial charge in [-0.2, -0.15) is 9.78 Å². The van der Waals surface area contributed by atoms with Crippen LogP contribution in [0.25, 0.3) is 22.3 Å². The summed E-state index contributed by atoms with van der Waals surface area (Å²) in [5.74, 6) is 0.199. The van der Waals surface area contributed by atoms with E-state index in [2.05, 4.69) is 21.0 Å². The van der Waals surface area contributed by atoms with Gasteiger partial charge in [-0.05, 0) is 66.2 Å². The molecule has 4 aromatic carbocycles. The van der Waals surface area contributed by atoms with Crippen molar-refractivity contribution in [2.24, 2.45) is 5.10 Å². The zero-order chi connectivity index (χ0) is 27.5. The highest BCUT2D eigenvalue weighted by atomic mass is 79.9. The number of hydrogen-bond donors (Lipinski definition) is 0. The smallest absolute Gasteiger partial charge is 0.345 e. The van der Waals surface area contributed by atoms with Crippen molar-refractivity contribution in [2.45, 2.75) is 0 Å². The van der Waals surface area contributed by atoms with E-state index in [4.69, 9.17) is 37.7 Å². The van der Waals surface area contributed by atoms with Gasteiger partial charge in [0.25, 0.3) is 5.56 Å². The van der Waals surface area contributed by atoms with Crippen molar-refractivity contribution in [1.82, 2.24) is 9.66 Å². The number of nitrogens with zero attached hydrogens (tertiary/aromatic N) is 3. The Morgan fingerprint density at radius 2 is 1.74 bits per heavy atom. The molecule has 0 spiro atoms. The van der Waals surface area contributed by atoms with Gasteiger partial charge in [-0.15, -0.1) is 0 Å². The van der Waals surface area contributed by atoms with Gasteiger partial charge in [-0.25, -0.2) is 9.78 Å². The predicted octanol–water partition coefficient (Wildman–Crippen LogP) is 7.24. The van der Waals surface area contributed by atoms with Gasteiger partial charge in [0.15, 0.2) is 17.3 Å². The standard InChI is InChI=1S/C29H18BrCl2N3O4/c1-38-26-14-17(6-13-25(26)39-29(37)21-12-11-20(31)15-23(21)32)16-33-35-27(18-7-9-19(30)10-8-18)34-24-5-3-2-4-22(24)28(35)36/h2-16H,1H3. The number of carbonyl (C=O) groups is 1. The molecule has 5 aromatic rings. The highest BCUT2D eigenvalue weighted by Crippen LogP contribution is 2.30. The number of benzene rings is 4. The van der Waals surface area contributed by atoms with Crippen molar-refractivity contribution in [3.63, 3.8) is 0 Å². The first kappa shape index (κ1) is 26.6. The van der Waals surface area contributed by atoms with E-state index < -0.39 is 5.97 Å². The van der Waals surface area contributed by atoms with E-state index >= 15 is 0 Å². The molecule has 7 nitrogen and oxygen atoms in total. The number of halogens is 3. The molecule has 0 amide bonds. The Labute approximate surface area is 241 Å². The number of esters is 1. The molecule has 39 heavy (non-hydrogen) atoms. The van der Waals surface area contributed by atoms with E-state index in [-0.39, 0.29) is 27.6 Å². The lowest BCUT2D eigenvalue weighted by Gasteiger charge is -2.11. The maximum atomic E-state index is 13.4. The summed E-state index contributed by atoms with van der Waals surface area (Å²) < 4.78 is 13.1. The third-order valence-electron chi connectivity index (χ3n) is 5.72. The minimum Gasteiger partial charge on any atom is -0.493 e. The Hall–Kier alpha value is -3.98. The molecule has 1 heterocycles. The summed E-state index contributed by atoms with van der Waals surface area (Å²) >= 11 is 15.5. The molecule has 5 rings (SSSR count). The Morgan fingerprint density at radius 3 is 2.49 bits per heavy atom. The van der Waals surface area contributed by atoms with Crippen LogP contribution in [0.15, 0.2) is 99.3 Å². The van der Waals surface area contributed by atoms with Crippen LogP contribution in [0.4, 0.5) is 0 Å². The van der Waals surface area contributed by atoms with E-state index in [1.165, 1.54) is 30.1 Å². The van der Waals surface area contributed by atoms with E-state index in [0.717, 1.165) is 10.0 Å². The van der Waals surface area contributed by atoms with E-state index in [1.807, 2.05) is 30.3 Å². The number of aromatic nitrogens is 2. The zero-order valence-corrected chi connectivity index (χ0v) is 23.4. The average molecular weight is 623 g/mol. The Morgan fingerprint density at radius 1 is 0.974 bits per heavy atom. The fraction of sp³-hybridized carbons (Fsp3) is 0.0345. The number of hydrogen-bond acceptors (Lipinski definition) is 6. The summed E-state index contributed by atoms with van der Waals surface area (Å²) in [7, 11) is 1.45. The van der Waals surface area contributed by atoms with Crippen molar-refractivity contribution in [3.05, 3.63) is 121 Å². The zero-order valence-electron chi connectivity index (χ0n) is 20.3. The molecular weight excluding hydrogens is 605 g/mol. The van der Waals surface area contributed by atoms with Crippen LogP contribution in [0.2, 0.25) is 10.0 Å². The van der Waals surface area contributed by atoms with Gasteiger partial charge in [0.2, 0.25) is 0 Å². The van der Waals surface area contributed by atoms with E-state index in [9.17, 15) is 9.59 Å². The molecule has 0 N–H and O–H groups in total. The molecule has 0 saturated heterocycles. The number of para-hydroxylation sites is 1. The van der Waals surface area contributed by atoms with E-state index in [0.29, 0.717) is 27.3 Å². The number of rotatable bonds is 6. The van der Waals surface area contributed by atoms with Crippen molar-refractivity contribution in [1.29, 1.82) is 0 Å². The number of carbonyl (C=O) groups excluding carboxylic acids is 1. The van der Waals surface area contributed by atoms with Crippen molar-refractivity contribution in [3.8, 4) is 22.9 Å². The highest BCUT2D eigenvalue weighted by molar-refractivity contribution is 9.10. The van der Waals surface area contributed by atoms with Gasteiger partial charge < -0.3 is 9.47 Å². The lowest BCUT2D eigenvalue weighted by molar-refractivity contribution is 0.0730.